The van der Waals surface area contributed by atoms with Crippen LogP contribution in [0.4, 0.5) is 13.2 Å². The molecule has 2 N–H and O–H groups in total. The largest absolute Gasteiger partial charge is 0.503 e. The Kier molecular flexibility index (Phi) is 3.77. The topological polar surface area (TPSA) is 49.3 Å². The predicted molar refractivity (Wildman–Crippen MR) is 55.1 cm³/mol. The van der Waals surface area contributed by atoms with Crippen molar-refractivity contribution < 1.29 is 23.1 Å². The molecule has 0 aliphatic rings. The Bertz CT molecular complexity index is 486. The number of hydrogen-bond donors (Lipinski definition) is 2. The van der Waals surface area contributed by atoms with Crippen LogP contribution < -0.4 is 5.32 Å². The molecule has 0 heterocycles. The second-order valence-corrected chi connectivity index (χ2v) is 3.52. The van der Waals surface area contributed by atoms with Crippen LogP contribution in [-0.2, 0) is 0 Å². The molecule has 0 aliphatic carbocycles. The van der Waals surface area contributed by atoms with Crippen LogP contribution in [-0.4, -0.2) is 17.6 Å². The van der Waals surface area contributed by atoms with Crippen molar-refractivity contribution in [1.82, 2.24) is 5.32 Å². The number of amides is 1. The summed E-state index contributed by atoms with van der Waals surface area (Å²) in [6.07, 6.45) is 0. The number of aromatic hydroxyl groups is 1. The molecular weight excluding hydrogens is 235 g/mol. The van der Waals surface area contributed by atoms with Gasteiger partial charge in [-0.2, -0.15) is 4.39 Å². The molecule has 0 fully saturated rings. The van der Waals surface area contributed by atoms with E-state index in [4.69, 9.17) is 5.11 Å². The fourth-order valence-electron chi connectivity index (χ4n) is 1.08. The lowest BCUT2D eigenvalue weighted by Crippen LogP contribution is -2.26. The summed E-state index contributed by atoms with van der Waals surface area (Å²) in [6.45, 7) is 5.19. The van der Waals surface area contributed by atoms with Crippen molar-refractivity contribution in [2.75, 3.05) is 6.54 Å². The zero-order valence-corrected chi connectivity index (χ0v) is 8.98. The maximum Gasteiger partial charge on any atom is 0.254 e. The summed E-state index contributed by atoms with van der Waals surface area (Å²) in [5.74, 6) is -7.18. The molecule has 0 unspecified atom stereocenters. The molecule has 0 bridgehead atoms. The quantitative estimate of drug-likeness (QED) is 0.633. The molecule has 92 valence electrons. The van der Waals surface area contributed by atoms with E-state index in [0.717, 1.165) is 0 Å². The van der Waals surface area contributed by atoms with Crippen LogP contribution in [0, 0.1) is 17.5 Å². The Labute approximate surface area is 95.6 Å². The predicted octanol–water partition coefficient (Wildman–Crippen LogP) is 2.12. The van der Waals surface area contributed by atoms with Crippen molar-refractivity contribution in [3.8, 4) is 5.75 Å². The number of halogens is 3. The number of phenols is 1. The van der Waals surface area contributed by atoms with Crippen LogP contribution >= 0.6 is 0 Å². The first-order chi connectivity index (χ1) is 7.84. The molecule has 0 saturated carbocycles. The van der Waals surface area contributed by atoms with Crippen molar-refractivity contribution in [3.63, 3.8) is 0 Å². The normalized spacial score (nSPS) is 10.1. The van der Waals surface area contributed by atoms with Gasteiger partial charge in [0.25, 0.3) is 5.91 Å². The Morgan fingerprint density at radius 1 is 1.41 bits per heavy atom. The van der Waals surface area contributed by atoms with Gasteiger partial charge in [0, 0.05) is 6.54 Å². The van der Waals surface area contributed by atoms with E-state index in [0.29, 0.717) is 11.6 Å². The smallest absolute Gasteiger partial charge is 0.254 e. The second kappa shape index (κ2) is 4.90. The molecule has 1 aromatic carbocycles. The van der Waals surface area contributed by atoms with Crippen molar-refractivity contribution >= 4 is 5.91 Å². The van der Waals surface area contributed by atoms with Gasteiger partial charge in [0.2, 0.25) is 5.82 Å². The van der Waals surface area contributed by atoms with Crippen molar-refractivity contribution in [2.45, 2.75) is 6.92 Å². The molecular formula is C11H10F3NO2. The minimum Gasteiger partial charge on any atom is -0.503 e. The van der Waals surface area contributed by atoms with Crippen molar-refractivity contribution in [1.29, 1.82) is 0 Å². The maximum atomic E-state index is 13.3. The standard InChI is InChI=1S/C11H10F3NO2/c1-5(2)4-15-11(17)6-3-7(12)9(14)10(16)8(6)13/h3,16H,1,4H2,2H3,(H,15,17). The zero-order chi connectivity index (χ0) is 13.2. The summed E-state index contributed by atoms with van der Waals surface area (Å²) >= 11 is 0. The van der Waals surface area contributed by atoms with E-state index in [1.807, 2.05) is 0 Å². The Balaban J connectivity index is 3.06. The minimum absolute atomic E-state index is 0.0675. The number of phenolic OH excluding ortho intramolecular Hbond substituents is 1. The Hall–Kier alpha value is -1.98. The third-order valence-corrected chi connectivity index (χ3v) is 1.93. The third-order valence-electron chi connectivity index (χ3n) is 1.93. The van der Waals surface area contributed by atoms with E-state index in [1.165, 1.54) is 0 Å². The van der Waals surface area contributed by atoms with E-state index in [9.17, 15) is 18.0 Å². The van der Waals surface area contributed by atoms with Gasteiger partial charge in [-0.25, -0.2) is 8.78 Å². The number of benzene rings is 1. The number of rotatable bonds is 3. The molecule has 1 rings (SSSR count). The van der Waals surface area contributed by atoms with E-state index in [1.54, 1.807) is 6.92 Å². The average molecular weight is 245 g/mol. The lowest BCUT2D eigenvalue weighted by molar-refractivity contribution is 0.0951. The van der Waals surface area contributed by atoms with E-state index < -0.39 is 34.7 Å². The van der Waals surface area contributed by atoms with Crippen LogP contribution in [0.2, 0.25) is 0 Å². The van der Waals surface area contributed by atoms with Gasteiger partial charge >= 0.3 is 0 Å². The first kappa shape index (κ1) is 13.1. The van der Waals surface area contributed by atoms with Gasteiger partial charge in [-0.3, -0.25) is 4.79 Å². The summed E-state index contributed by atoms with van der Waals surface area (Å²) in [5.41, 5.74) is -0.159. The van der Waals surface area contributed by atoms with E-state index in [-0.39, 0.29) is 6.54 Å². The number of hydrogen-bond acceptors (Lipinski definition) is 2. The van der Waals surface area contributed by atoms with Gasteiger partial charge in [-0.05, 0) is 13.0 Å². The molecule has 0 aliphatic heterocycles. The van der Waals surface area contributed by atoms with Gasteiger partial charge in [-0.15, -0.1) is 0 Å². The third kappa shape index (κ3) is 2.77. The number of carbonyl (C=O) groups is 1. The van der Waals surface area contributed by atoms with Crippen LogP contribution in [0.15, 0.2) is 18.2 Å². The SMILES string of the molecule is C=C(C)CNC(=O)c1cc(F)c(F)c(O)c1F. The number of carbonyl (C=O) groups excluding carboxylic acids is 1. The summed E-state index contributed by atoms with van der Waals surface area (Å²) in [6, 6.07) is 0.387. The summed E-state index contributed by atoms with van der Waals surface area (Å²) < 4.78 is 38.9. The van der Waals surface area contributed by atoms with Gasteiger partial charge < -0.3 is 10.4 Å². The summed E-state index contributed by atoms with van der Waals surface area (Å²) in [5, 5.41) is 11.1. The summed E-state index contributed by atoms with van der Waals surface area (Å²) in [7, 11) is 0. The summed E-state index contributed by atoms with van der Waals surface area (Å²) in [4.78, 5) is 11.4. The van der Waals surface area contributed by atoms with E-state index >= 15 is 0 Å². The fourth-order valence-corrected chi connectivity index (χ4v) is 1.08. The molecule has 0 radical (unpaired) electrons. The van der Waals surface area contributed by atoms with Crippen molar-refractivity contribution in [3.05, 3.63) is 41.2 Å². The minimum atomic E-state index is -1.72. The molecule has 6 heteroatoms. The molecule has 0 aromatic heterocycles. The molecule has 0 spiro atoms. The highest BCUT2D eigenvalue weighted by atomic mass is 19.2. The molecule has 1 aromatic rings. The van der Waals surface area contributed by atoms with Crippen LogP contribution in [0.1, 0.15) is 17.3 Å². The Morgan fingerprint density at radius 3 is 2.53 bits per heavy atom. The van der Waals surface area contributed by atoms with Crippen LogP contribution in [0.25, 0.3) is 0 Å². The second-order valence-electron chi connectivity index (χ2n) is 3.52. The first-order valence-electron chi connectivity index (χ1n) is 4.63. The first-order valence-corrected chi connectivity index (χ1v) is 4.63. The van der Waals surface area contributed by atoms with E-state index in [2.05, 4.69) is 11.9 Å². The lowest BCUT2D eigenvalue weighted by atomic mass is 10.1. The lowest BCUT2D eigenvalue weighted by Gasteiger charge is -2.07. The van der Waals surface area contributed by atoms with Crippen LogP contribution in [0.5, 0.6) is 5.75 Å². The molecule has 3 nitrogen and oxygen atoms in total. The van der Waals surface area contributed by atoms with Gasteiger partial charge in [0.15, 0.2) is 17.4 Å². The molecule has 0 atom stereocenters. The highest BCUT2D eigenvalue weighted by Gasteiger charge is 2.22. The van der Waals surface area contributed by atoms with Gasteiger partial charge in [0.1, 0.15) is 0 Å². The van der Waals surface area contributed by atoms with Gasteiger partial charge in [0.05, 0.1) is 5.56 Å². The van der Waals surface area contributed by atoms with Gasteiger partial charge in [-0.1, -0.05) is 12.2 Å². The number of nitrogens with one attached hydrogen (secondary N) is 1. The Morgan fingerprint density at radius 2 is 2.00 bits per heavy atom. The average Bonchev–Trinajstić information content (AvgIpc) is 2.28. The maximum absolute atomic E-state index is 13.3. The molecule has 0 saturated heterocycles. The zero-order valence-electron chi connectivity index (χ0n) is 8.98. The molecule has 17 heavy (non-hydrogen) atoms. The highest BCUT2D eigenvalue weighted by molar-refractivity contribution is 5.95. The van der Waals surface area contributed by atoms with Crippen LogP contribution in [0.3, 0.4) is 0 Å². The monoisotopic (exact) mass is 245 g/mol. The molecule has 1 amide bonds. The highest BCUT2D eigenvalue weighted by Crippen LogP contribution is 2.25. The van der Waals surface area contributed by atoms with Crippen molar-refractivity contribution in [2.24, 2.45) is 0 Å². The fraction of sp³-hybridized carbons (Fsp3) is 0.182.